The Bertz CT molecular complexity index is 1210. The summed E-state index contributed by atoms with van der Waals surface area (Å²) in [6.07, 6.45) is 14.8. The van der Waals surface area contributed by atoms with Crippen LogP contribution in [0, 0.1) is 36.0 Å². The Hall–Kier alpha value is -2.22. The number of carbonyl (C=O) groups is 1. The van der Waals surface area contributed by atoms with Crippen molar-refractivity contribution >= 4 is 5.97 Å². The standard InChI is InChI=1S/C35H51NO6/c1-21(8-13-31(42-32(40)22(2)19-37)35(15-16-35)33-36-23(3)20-41-33)28-11-12-29-25(7-6-14-34(28,29)5)9-10-26-17-27(38)18-30(39)24(26)4/h9-10,20-22,27-31,37-39H,4,6-8,11-19H2,1-3,5H3/t21-,22?,27-,28-,29+,30+,31+,34-/m1/s1. The van der Waals surface area contributed by atoms with Gasteiger partial charge in [-0.1, -0.05) is 38.2 Å². The zero-order valence-corrected chi connectivity index (χ0v) is 26.0. The highest BCUT2D eigenvalue weighted by Crippen LogP contribution is 2.60. The van der Waals surface area contributed by atoms with E-state index in [1.54, 1.807) is 13.2 Å². The van der Waals surface area contributed by atoms with E-state index in [0.717, 1.165) is 48.9 Å². The van der Waals surface area contributed by atoms with Crippen LogP contribution in [0.4, 0.5) is 0 Å². The number of hydrogen-bond acceptors (Lipinski definition) is 7. The molecule has 4 aliphatic rings. The fourth-order valence-electron chi connectivity index (χ4n) is 8.46. The summed E-state index contributed by atoms with van der Waals surface area (Å²) in [5, 5.41) is 30.0. The summed E-state index contributed by atoms with van der Waals surface area (Å²) in [4.78, 5) is 17.5. The molecular weight excluding hydrogens is 530 g/mol. The number of rotatable bonds is 10. The lowest BCUT2D eigenvalue weighted by Crippen LogP contribution is -2.37. The first-order chi connectivity index (χ1) is 20.0. The highest BCUT2D eigenvalue weighted by molar-refractivity contribution is 5.72. The first kappa shape index (κ1) is 31.2. The Morgan fingerprint density at radius 1 is 1.21 bits per heavy atom. The van der Waals surface area contributed by atoms with Gasteiger partial charge in [-0.05, 0) is 112 Å². The van der Waals surface area contributed by atoms with Crippen LogP contribution >= 0.6 is 0 Å². The number of aryl methyl sites for hydroxylation is 1. The summed E-state index contributed by atoms with van der Waals surface area (Å²) in [5.41, 5.74) is 3.90. The van der Waals surface area contributed by atoms with E-state index in [9.17, 15) is 20.1 Å². The van der Waals surface area contributed by atoms with Crippen molar-refractivity contribution in [2.24, 2.45) is 29.1 Å². The van der Waals surface area contributed by atoms with E-state index in [1.165, 1.54) is 31.3 Å². The molecule has 1 heterocycles. The molecule has 232 valence electrons. The number of hydrogen-bond donors (Lipinski definition) is 3. The second kappa shape index (κ2) is 12.4. The highest BCUT2D eigenvalue weighted by Gasteiger charge is 2.57. The molecule has 7 heteroatoms. The number of esters is 1. The van der Waals surface area contributed by atoms with Gasteiger partial charge in [-0.15, -0.1) is 0 Å². The normalized spacial score (nSPS) is 34.7. The third kappa shape index (κ3) is 6.07. The number of carbonyl (C=O) groups excluding carboxylic acids is 1. The third-order valence-corrected chi connectivity index (χ3v) is 11.3. The van der Waals surface area contributed by atoms with Crippen molar-refractivity contribution in [2.45, 2.75) is 122 Å². The van der Waals surface area contributed by atoms with Crippen LogP contribution in [0.1, 0.15) is 103 Å². The van der Waals surface area contributed by atoms with Crippen LogP contribution in [-0.2, 0) is 14.9 Å². The number of aliphatic hydroxyl groups excluding tert-OH is 3. The molecule has 0 saturated heterocycles. The van der Waals surface area contributed by atoms with E-state index in [0.29, 0.717) is 36.5 Å². The molecule has 0 radical (unpaired) electrons. The van der Waals surface area contributed by atoms with Crippen molar-refractivity contribution in [1.82, 2.24) is 4.98 Å². The molecule has 8 atom stereocenters. The summed E-state index contributed by atoms with van der Waals surface area (Å²) in [6.45, 7) is 12.3. The Morgan fingerprint density at radius 2 is 1.98 bits per heavy atom. The van der Waals surface area contributed by atoms with Gasteiger partial charge in [-0.25, -0.2) is 4.98 Å². The molecule has 0 amide bonds. The molecular formula is C35H51NO6. The number of oxazole rings is 1. The van der Waals surface area contributed by atoms with Crippen molar-refractivity contribution in [2.75, 3.05) is 6.61 Å². The van der Waals surface area contributed by atoms with Gasteiger partial charge in [0.1, 0.15) is 12.4 Å². The smallest absolute Gasteiger partial charge is 0.311 e. The maximum atomic E-state index is 12.8. The number of aliphatic hydroxyl groups is 3. The van der Waals surface area contributed by atoms with Crippen molar-refractivity contribution in [1.29, 1.82) is 0 Å². The summed E-state index contributed by atoms with van der Waals surface area (Å²) in [7, 11) is 0. The number of fused-ring (bicyclic) bond motifs is 1. The number of allylic oxidation sites excluding steroid dienone is 3. The van der Waals surface area contributed by atoms with Crippen LogP contribution in [0.3, 0.4) is 0 Å². The van der Waals surface area contributed by atoms with E-state index in [2.05, 4.69) is 37.6 Å². The second-order valence-electron chi connectivity index (χ2n) is 14.2. The van der Waals surface area contributed by atoms with Gasteiger partial charge < -0.3 is 24.5 Å². The average Bonchev–Trinajstić information content (AvgIpc) is 3.51. The fraction of sp³-hybridized carbons (Fsp3) is 0.714. The predicted octanol–water partition coefficient (Wildman–Crippen LogP) is 6.11. The predicted molar refractivity (Wildman–Crippen MR) is 161 cm³/mol. The van der Waals surface area contributed by atoms with Gasteiger partial charge in [0.2, 0.25) is 5.89 Å². The number of ether oxygens (including phenoxy) is 1. The van der Waals surface area contributed by atoms with E-state index in [4.69, 9.17) is 9.15 Å². The van der Waals surface area contributed by atoms with Gasteiger partial charge in [0.05, 0.1) is 35.8 Å². The van der Waals surface area contributed by atoms with Gasteiger partial charge in [-0.2, -0.15) is 0 Å². The average molecular weight is 582 g/mol. The quantitative estimate of drug-likeness (QED) is 0.286. The molecule has 0 aliphatic heterocycles. The molecule has 4 saturated carbocycles. The molecule has 4 aliphatic carbocycles. The Morgan fingerprint density at radius 3 is 2.64 bits per heavy atom. The lowest BCUT2D eigenvalue weighted by Gasteiger charge is -2.44. The first-order valence-electron chi connectivity index (χ1n) is 16.2. The molecule has 0 aromatic carbocycles. The molecule has 5 rings (SSSR count). The number of aromatic nitrogens is 1. The lowest BCUT2D eigenvalue weighted by atomic mass is 9.60. The molecule has 1 aromatic heterocycles. The molecule has 7 nitrogen and oxygen atoms in total. The van der Waals surface area contributed by atoms with E-state index in [1.807, 2.05) is 6.92 Å². The fourth-order valence-corrected chi connectivity index (χ4v) is 8.46. The molecule has 0 spiro atoms. The Kier molecular flexibility index (Phi) is 9.22. The molecule has 3 N–H and O–H groups in total. The topological polar surface area (TPSA) is 113 Å². The largest absolute Gasteiger partial charge is 0.461 e. The van der Waals surface area contributed by atoms with Crippen molar-refractivity contribution in [3.8, 4) is 0 Å². The summed E-state index contributed by atoms with van der Waals surface area (Å²) in [5.74, 6) is 1.35. The lowest BCUT2D eigenvalue weighted by molar-refractivity contribution is -0.157. The van der Waals surface area contributed by atoms with E-state index in [-0.39, 0.29) is 29.5 Å². The van der Waals surface area contributed by atoms with Crippen molar-refractivity contribution in [3.63, 3.8) is 0 Å². The van der Waals surface area contributed by atoms with Crippen LogP contribution in [0.5, 0.6) is 0 Å². The van der Waals surface area contributed by atoms with Crippen LogP contribution in [0.2, 0.25) is 0 Å². The zero-order valence-electron chi connectivity index (χ0n) is 26.0. The molecule has 4 fully saturated rings. The van der Waals surface area contributed by atoms with E-state index >= 15 is 0 Å². The molecule has 0 bridgehead atoms. The van der Waals surface area contributed by atoms with Crippen molar-refractivity contribution in [3.05, 3.63) is 53.3 Å². The monoisotopic (exact) mass is 581 g/mol. The minimum atomic E-state index is -0.663. The van der Waals surface area contributed by atoms with Gasteiger partial charge in [-0.3, -0.25) is 4.79 Å². The number of nitrogens with zero attached hydrogens (tertiary/aromatic N) is 1. The summed E-state index contributed by atoms with van der Waals surface area (Å²) >= 11 is 0. The van der Waals surface area contributed by atoms with E-state index < -0.39 is 18.1 Å². The third-order valence-electron chi connectivity index (χ3n) is 11.3. The van der Waals surface area contributed by atoms with Crippen LogP contribution < -0.4 is 0 Å². The highest BCUT2D eigenvalue weighted by atomic mass is 16.5. The second-order valence-corrected chi connectivity index (χ2v) is 14.2. The summed E-state index contributed by atoms with van der Waals surface area (Å²) < 4.78 is 11.9. The molecule has 42 heavy (non-hydrogen) atoms. The molecule has 1 unspecified atom stereocenters. The van der Waals surface area contributed by atoms with Gasteiger partial charge >= 0.3 is 5.97 Å². The molecule has 1 aromatic rings. The Labute approximate surface area is 251 Å². The van der Waals surface area contributed by atoms with Gasteiger partial charge in [0.15, 0.2) is 0 Å². The minimum absolute atomic E-state index is 0.221. The zero-order chi connectivity index (χ0) is 30.2. The van der Waals surface area contributed by atoms with Crippen LogP contribution in [0.25, 0.3) is 0 Å². The van der Waals surface area contributed by atoms with Gasteiger partial charge in [0, 0.05) is 6.42 Å². The summed E-state index contributed by atoms with van der Waals surface area (Å²) in [6, 6.07) is 0. The maximum absolute atomic E-state index is 12.8. The Balaban J connectivity index is 1.29. The maximum Gasteiger partial charge on any atom is 0.311 e. The SMILES string of the molecule is C=C1C(=CC=C2CCC[C@]3(C)[C@@H]([C@H](C)CC[C@H](OC(=O)C(C)CO)C4(c5nc(C)co5)CC4)CC[C@@H]23)C[C@@H](O)C[C@@H]1O. The van der Waals surface area contributed by atoms with Crippen molar-refractivity contribution < 1.29 is 29.3 Å². The van der Waals surface area contributed by atoms with Gasteiger partial charge in [0.25, 0.3) is 0 Å². The minimum Gasteiger partial charge on any atom is -0.461 e. The van der Waals surface area contributed by atoms with Crippen LogP contribution in [0.15, 0.2) is 46.1 Å². The van der Waals surface area contributed by atoms with Crippen LogP contribution in [-0.4, -0.2) is 51.2 Å². The first-order valence-corrected chi connectivity index (χ1v) is 16.2.